The molecule has 0 N–H and O–H groups in total. The fraction of sp³-hybridized carbons (Fsp3) is 0.500. The summed E-state index contributed by atoms with van der Waals surface area (Å²) in [6.07, 6.45) is -0.322. The summed E-state index contributed by atoms with van der Waals surface area (Å²) in [4.78, 5) is 10.8. The summed E-state index contributed by atoms with van der Waals surface area (Å²) in [5.41, 5.74) is 0.315. The zero-order chi connectivity index (χ0) is 8.43. The summed E-state index contributed by atoms with van der Waals surface area (Å²) in [6.45, 7) is 4.93. The highest BCUT2D eigenvalue weighted by molar-refractivity contribution is 7.40. The van der Waals surface area contributed by atoms with E-state index in [0.717, 1.165) is 0 Å². The number of hydrogen-bond acceptors (Lipinski definition) is 4. The lowest BCUT2D eigenvalue weighted by Crippen LogP contribution is -2.28. The molecule has 0 amide bonds. The Morgan fingerprint density at radius 3 is 2.73 bits per heavy atom. The maximum absolute atomic E-state index is 10.8. The molecule has 60 valence electrons. The molecule has 11 heavy (non-hydrogen) atoms. The maximum atomic E-state index is 10.8. The van der Waals surface area contributed by atoms with E-state index in [1.54, 1.807) is 6.92 Å². The SMILES string of the molecule is C=C(C)C(=O)OC1C[P+](=O)O1. The van der Waals surface area contributed by atoms with E-state index in [1.807, 2.05) is 0 Å². The van der Waals surface area contributed by atoms with Crippen molar-refractivity contribution in [3.63, 3.8) is 0 Å². The van der Waals surface area contributed by atoms with Crippen molar-refractivity contribution in [3.8, 4) is 0 Å². The largest absolute Gasteiger partial charge is 0.519 e. The predicted octanol–water partition coefficient (Wildman–Crippen LogP) is 1.20. The van der Waals surface area contributed by atoms with E-state index in [1.165, 1.54) is 0 Å². The van der Waals surface area contributed by atoms with Gasteiger partial charge >= 0.3 is 20.3 Å². The lowest BCUT2D eigenvalue weighted by molar-refractivity contribution is -0.159. The highest BCUT2D eigenvalue weighted by atomic mass is 31.1. The Kier molecular flexibility index (Phi) is 2.37. The van der Waals surface area contributed by atoms with Crippen LogP contribution < -0.4 is 0 Å². The van der Waals surface area contributed by atoms with Crippen LogP contribution in [0.25, 0.3) is 0 Å². The number of hydrogen-bond donors (Lipinski definition) is 0. The van der Waals surface area contributed by atoms with Crippen molar-refractivity contribution < 1.29 is 18.6 Å². The normalized spacial score (nSPS) is 25.5. The molecular formula is C6H8O4P+. The summed E-state index contributed by atoms with van der Waals surface area (Å²) in [6, 6.07) is 0. The standard InChI is InChI=1S/C6H8O4P/c1-4(2)6(7)9-5-3-11(8)10-5/h5H,1,3H2,2H3/q+1. The summed E-state index contributed by atoms with van der Waals surface area (Å²) in [5.74, 6) is -0.502. The van der Waals surface area contributed by atoms with Crippen LogP contribution in [0.4, 0.5) is 0 Å². The second kappa shape index (κ2) is 3.11. The number of rotatable bonds is 2. The topological polar surface area (TPSA) is 52.6 Å². The van der Waals surface area contributed by atoms with E-state index in [9.17, 15) is 9.36 Å². The summed E-state index contributed by atoms with van der Waals surface area (Å²) in [7, 11) is -1.56. The number of ether oxygens (including phenoxy) is 1. The molecule has 0 aromatic heterocycles. The minimum absolute atomic E-state index is 0.300. The second-order valence-electron chi connectivity index (χ2n) is 2.24. The molecule has 1 aliphatic heterocycles. The fourth-order valence-electron chi connectivity index (χ4n) is 0.523. The minimum atomic E-state index is -1.56. The van der Waals surface area contributed by atoms with Crippen LogP contribution in [0.3, 0.4) is 0 Å². The molecule has 2 unspecified atom stereocenters. The predicted molar refractivity (Wildman–Crippen MR) is 38.3 cm³/mol. The summed E-state index contributed by atoms with van der Waals surface area (Å²) in [5, 5.41) is 0. The third-order valence-corrected chi connectivity index (χ3v) is 2.19. The fourth-order valence-corrected chi connectivity index (χ4v) is 1.13. The third kappa shape index (κ3) is 2.10. The molecule has 0 aromatic carbocycles. The van der Waals surface area contributed by atoms with Crippen molar-refractivity contribution >= 4 is 14.0 Å². The molecule has 2 atom stereocenters. The lowest BCUT2D eigenvalue weighted by atomic mass is 10.4. The second-order valence-corrected chi connectivity index (χ2v) is 3.48. The van der Waals surface area contributed by atoms with Gasteiger partial charge in [0.1, 0.15) is 0 Å². The van der Waals surface area contributed by atoms with Gasteiger partial charge in [-0.25, -0.2) is 4.79 Å². The van der Waals surface area contributed by atoms with E-state index in [2.05, 4.69) is 15.8 Å². The van der Waals surface area contributed by atoms with Gasteiger partial charge in [-0.2, -0.15) is 0 Å². The van der Waals surface area contributed by atoms with Crippen molar-refractivity contribution in [1.29, 1.82) is 0 Å². The average Bonchev–Trinajstić information content (AvgIpc) is 1.84. The lowest BCUT2D eigenvalue weighted by Gasteiger charge is -2.13. The van der Waals surface area contributed by atoms with Crippen molar-refractivity contribution in [3.05, 3.63) is 12.2 Å². The monoisotopic (exact) mass is 175 g/mol. The Hall–Kier alpha value is -0.730. The molecule has 0 aliphatic carbocycles. The quantitative estimate of drug-likeness (QED) is 0.359. The first kappa shape index (κ1) is 8.37. The van der Waals surface area contributed by atoms with Gasteiger partial charge in [-0.15, -0.1) is 0 Å². The van der Waals surface area contributed by atoms with Gasteiger partial charge in [-0.05, 0) is 11.5 Å². The van der Waals surface area contributed by atoms with Crippen LogP contribution in [-0.2, 0) is 18.6 Å². The van der Waals surface area contributed by atoms with Gasteiger partial charge in [0.05, 0.1) is 0 Å². The van der Waals surface area contributed by atoms with Crippen molar-refractivity contribution in [2.45, 2.75) is 13.2 Å². The number of esters is 1. The van der Waals surface area contributed by atoms with Gasteiger partial charge in [0, 0.05) is 5.57 Å². The van der Waals surface area contributed by atoms with E-state index in [-0.39, 0.29) is 0 Å². The van der Waals surface area contributed by atoms with Crippen LogP contribution in [0.1, 0.15) is 6.92 Å². The van der Waals surface area contributed by atoms with Crippen LogP contribution in [0.15, 0.2) is 12.2 Å². The summed E-state index contributed by atoms with van der Waals surface area (Å²) >= 11 is 0. The van der Waals surface area contributed by atoms with Gasteiger partial charge in [0.15, 0.2) is 0 Å². The van der Waals surface area contributed by atoms with E-state index in [4.69, 9.17) is 0 Å². The molecule has 1 aliphatic rings. The van der Waals surface area contributed by atoms with Crippen LogP contribution >= 0.6 is 8.03 Å². The van der Waals surface area contributed by atoms with Gasteiger partial charge in [-0.3, -0.25) is 0 Å². The van der Waals surface area contributed by atoms with Crippen molar-refractivity contribution in [2.75, 3.05) is 6.16 Å². The molecule has 0 saturated carbocycles. The van der Waals surface area contributed by atoms with Gasteiger partial charge in [-0.1, -0.05) is 11.1 Å². The highest BCUT2D eigenvalue weighted by Gasteiger charge is 2.45. The molecule has 1 heterocycles. The number of carbonyl (C=O) groups is 1. The molecule has 0 radical (unpaired) electrons. The molecule has 1 saturated heterocycles. The maximum Gasteiger partial charge on any atom is 0.519 e. The first-order valence-electron chi connectivity index (χ1n) is 3.07. The van der Waals surface area contributed by atoms with E-state index >= 15 is 0 Å². The van der Waals surface area contributed by atoms with Gasteiger partial charge < -0.3 is 4.74 Å². The number of carbonyl (C=O) groups excluding carboxylic acids is 1. The Morgan fingerprint density at radius 2 is 2.36 bits per heavy atom. The van der Waals surface area contributed by atoms with Gasteiger partial charge in [0.2, 0.25) is 6.16 Å². The Morgan fingerprint density at radius 1 is 1.82 bits per heavy atom. The van der Waals surface area contributed by atoms with Crippen LogP contribution in [0.5, 0.6) is 0 Å². The molecule has 1 fully saturated rings. The Balaban J connectivity index is 2.27. The first-order chi connectivity index (χ1) is 5.09. The van der Waals surface area contributed by atoms with E-state index in [0.29, 0.717) is 11.7 Å². The molecule has 0 spiro atoms. The highest BCUT2D eigenvalue weighted by Crippen LogP contribution is 2.37. The molecule has 4 nitrogen and oxygen atoms in total. The van der Waals surface area contributed by atoms with E-state index < -0.39 is 20.3 Å². The summed E-state index contributed by atoms with van der Waals surface area (Å²) < 4.78 is 19.6. The molecule has 0 aromatic rings. The van der Waals surface area contributed by atoms with Crippen molar-refractivity contribution in [1.82, 2.24) is 0 Å². The Bertz CT molecular complexity index is 215. The average molecular weight is 175 g/mol. The Labute approximate surface area is 65.0 Å². The van der Waals surface area contributed by atoms with Crippen LogP contribution in [-0.4, -0.2) is 18.4 Å². The zero-order valence-electron chi connectivity index (χ0n) is 6.07. The van der Waals surface area contributed by atoms with Crippen LogP contribution in [0.2, 0.25) is 0 Å². The third-order valence-electron chi connectivity index (χ3n) is 1.12. The first-order valence-corrected chi connectivity index (χ1v) is 4.44. The minimum Gasteiger partial charge on any atom is -0.423 e. The van der Waals surface area contributed by atoms with Gasteiger partial charge in [0.25, 0.3) is 0 Å². The zero-order valence-corrected chi connectivity index (χ0v) is 6.97. The molecule has 5 heteroatoms. The van der Waals surface area contributed by atoms with Crippen LogP contribution in [0, 0.1) is 0 Å². The molecule has 0 bridgehead atoms. The molecular weight excluding hydrogens is 167 g/mol. The smallest absolute Gasteiger partial charge is 0.423 e. The molecule has 1 rings (SSSR count). The van der Waals surface area contributed by atoms with Crippen molar-refractivity contribution in [2.24, 2.45) is 0 Å².